The summed E-state index contributed by atoms with van der Waals surface area (Å²) in [5.41, 5.74) is 10.3. The lowest BCUT2D eigenvalue weighted by Gasteiger charge is -2.12. The summed E-state index contributed by atoms with van der Waals surface area (Å²) in [6.45, 7) is 6.07. The molecule has 1 unspecified atom stereocenters. The van der Waals surface area contributed by atoms with Gasteiger partial charge < -0.3 is 10.5 Å². The Morgan fingerprint density at radius 1 is 1.24 bits per heavy atom. The predicted octanol–water partition coefficient (Wildman–Crippen LogP) is 4.02. The lowest BCUT2D eigenvalue weighted by Crippen LogP contribution is -2.04. The Morgan fingerprint density at radius 2 is 1.90 bits per heavy atom. The van der Waals surface area contributed by atoms with Crippen LogP contribution in [0.1, 0.15) is 35.3 Å². The van der Waals surface area contributed by atoms with E-state index in [1.165, 1.54) is 4.90 Å². The zero-order valence-corrected chi connectivity index (χ0v) is 13.8. The first-order chi connectivity index (χ1) is 10.0. The van der Waals surface area contributed by atoms with Gasteiger partial charge in [-0.15, -0.1) is 11.8 Å². The van der Waals surface area contributed by atoms with E-state index < -0.39 is 0 Å². The minimum Gasteiger partial charge on any atom is -0.496 e. The molecule has 0 aliphatic heterocycles. The molecule has 4 heteroatoms. The highest BCUT2D eigenvalue weighted by atomic mass is 32.2. The SMILES string of the molecule is COc1c(C)cnc(CSc2ccc(C(C)N)cc2)c1C. The Bertz CT molecular complexity index is 609. The molecule has 1 aromatic carbocycles. The molecule has 0 saturated carbocycles. The van der Waals surface area contributed by atoms with Gasteiger partial charge in [-0.2, -0.15) is 0 Å². The van der Waals surface area contributed by atoms with Crippen molar-refractivity contribution in [2.24, 2.45) is 5.73 Å². The number of aryl methyl sites for hydroxylation is 1. The topological polar surface area (TPSA) is 48.1 Å². The van der Waals surface area contributed by atoms with Crippen molar-refractivity contribution in [3.8, 4) is 5.75 Å². The maximum atomic E-state index is 5.86. The summed E-state index contributed by atoms with van der Waals surface area (Å²) in [4.78, 5) is 5.75. The summed E-state index contributed by atoms with van der Waals surface area (Å²) < 4.78 is 5.45. The van der Waals surface area contributed by atoms with Gasteiger partial charge in [0, 0.05) is 34.0 Å². The van der Waals surface area contributed by atoms with E-state index in [1.54, 1.807) is 18.9 Å². The molecule has 1 atom stereocenters. The van der Waals surface area contributed by atoms with Crippen LogP contribution in [0.2, 0.25) is 0 Å². The number of nitrogens with two attached hydrogens (primary N) is 1. The molecule has 0 aliphatic rings. The van der Waals surface area contributed by atoms with Gasteiger partial charge in [0.05, 0.1) is 12.8 Å². The van der Waals surface area contributed by atoms with Crippen molar-refractivity contribution < 1.29 is 4.74 Å². The second-order valence-corrected chi connectivity index (χ2v) is 6.24. The van der Waals surface area contributed by atoms with Crippen molar-refractivity contribution in [1.82, 2.24) is 4.98 Å². The van der Waals surface area contributed by atoms with Gasteiger partial charge in [0.25, 0.3) is 0 Å². The van der Waals surface area contributed by atoms with E-state index in [1.807, 2.05) is 20.0 Å². The number of methoxy groups -OCH3 is 1. The number of ether oxygens (including phenoxy) is 1. The van der Waals surface area contributed by atoms with Crippen LogP contribution in [0, 0.1) is 13.8 Å². The molecule has 21 heavy (non-hydrogen) atoms. The molecule has 2 rings (SSSR count). The summed E-state index contributed by atoms with van der Waals surface area (Å²) in [6.07, 6.45) is 1.88. The molecule has 3 nitrogen and oxygen atoms in total. The fourth-order valence-corrected chi connectivity index (χ4v) is 3.16. The molecule has 2 N–H and O–H groups in total. The number of hydrogen-bond donors (Lipinski definition) is 1. The van der Waals surface area contributed by atoms with Crippen LogP contribution in [0.15, 0.2) is 35.4 Å². The summed E-state index contributed by atoms with van der Waals surface area (Å²) in [5.74, 6) is 1.77. The van der Waals surface area contributed by atoms with Crippen molar-refractivity contribution in [3.63, 3.8) is 0 Å². The van der Waals surface area contributed by atoms with Gasteiger partial charge in [-0.25, -0.2) is 0 Å². The maximum Gasteiger partial charge on any atom is 0.128 e. The molecule has 2 aromatic rings. The van der Waals surface area contributed by atoms with Gasteiger partial charge in [-0.1, -0.05) is 12.1 Å². The fraction of sp³-hybridized carbons (Fsp3) is 0.353. The largest absolute Gasteiger partial charge is 0.496 e. The van der Waals surface area contributed by atoms with Crippen molar-refractivity contribution in [2.75, 3.05) is 7.11 Å². The Morgan fingerprint density at radius 3 is 2.48 bits per heavy atom. The average molecular weight is 302 g/mol. The summed E-state index contributed by atoms with van der Waals surface area (Å²) in [7, 11) is 1.71. The van der Waals surface area contributed by atoms with Crippen LogP contribution in [0.3, 0.4) is 0 Å². The normalized spacial score (nSPS) is 12.2. The number of pyridine rings is 1. The maximum absolute atomic E-state index is 5.86. The van der Waals surface area contributed by atoms with Crippen LogP contribution >= 0.6 is 11.8 Å². The van der Waals surface area contributed by atoms with Crippen LogP contribution in [0.25, 0.3) is 0 Å². The molecule has 0 spiro atoms. The quantitative estimate of drug-likeness (QED) is 0.848. The van der Waals surface area contributed by atoms with Gasteiger partial charge in [-0.05, 0) is 38.5 Å². The number of aromatic nitrogens is 1. The predicted molar refractivity (Wildman–Crippen MR) is 88.9 cm³/mol. The Labute approximate surface area is 130 Å². The van der Waals surface area contributed by atoms with Crippen molar-refractivity contribution in [2.45, 2.75) is 37.5 Å². The van der Waals surface area contributed by atoms with Gasteiger partial charge in [-0.3, -0.25) is 4.98 Å². The van der Waals surface area contributed by atoms with Gasteiger partial charge in [0.15, 0.2) is 0 Å². The molecular formula is C17H22N2OS. The minimum atomic E-state index is 0.0781. The third-order valence-corrected chi connectivity index (χ3v) is 4.55. The van der Waals surface area contributed by atoms with Gasteiger partial charge in [0.2, 0.25) is 0 Å². The van der Waals surface area contributed by atoms with Crippen LogP contribution in [-0.2, 0) is 5.75 Å². The van der Waals surface area contributed by atoms with Crippen molar-refractivity contribution in [3.05, 3.63) is 52.8 Å². The van der Waals surface area contributed by atoms with Crippen LogP contribution < -0.4 is 10.5 Å². The van der Waals surface area contributed by atoms with Crippen LogP contribution in [-0.4, -0.2) is 12.1 Å². The minimum absolute atomic E-state index is 0.0781. The number of thioether (sulfide) groups is 1. The first-order valence-corrected chi connectivity index (χ1v) is 7.99. The number of nitrogens with zero attached hydrogens (tertiary/aromatic N) is 1. The summed E-state index contributed by atoms with van der Waals surface area (Å²) in [6, 6.07) is 8.48. The molecule has 0 bridgehead atoms. The third-order valence-electron chi connectivity index (χ3n) is 3.53. The fourth-order valence-electron chi connectivity index (χ4n) is 2.24. The molecular weight excluding hydrogens is 280 g/mol. The van der Waals surface area contributed by atoms with E-state index in [-0.39, 0.29) is 6.04 Å². The number of hydrogen-bond acceptors (Lipinski definition) is 4. The standard InChI is InChI=1S/C17H22N2OS/c1-11-9-19-16(12(2)17(11)20-4)10-21-15-7-5-14(6-8-15)13(3)18/h5-9,13H,10,18H2,1-4H3. The Balaban J connectivity index is 2.09. The van der Waals surface area contributed by atoms with Crippen molar-refractivity contribution in [1.29, 1.82) is 0 Å². The Hall–Kier alpha value is -1.52. The zero-order valence-electron chi connectivity index (χ0n) is 13.0. The number of benzene rings is 1. The average Bonchev–Trinajstić information content (AvgIpc) is 2.47. The second kappa shape index (κ2) is 6.96. The third kappa shape index (κ3) is 3.77. The zero-order chi connectivity index (χ0) is 15.4. The molecule has 1 aromatic heterocycles. The smallest absolute Gasteiger partial charge is 0.128 e. The van der Waals surface area contributed by atoms with E-state index in [0.717, 1.165) is 33.9 Å². The number of rotatable bonds is 5. The molecule has 0 fully saturated rings. The molecule has 0 amide bonds. The Kier molecular flexibility index (Phi) is 5.26. The summed E-state index contributed by atoms with van der Waals surface area (Å²) >= 11 is 1.77. The molecule has 0 radical (unpaired) electrons. The van der Waals surface area contributed by atoms with Crippen LogP contribution in [0.4, 0.5) is 0 Å². The first kappa shape index (κ1) is 15.9. The van der Waals surface area contributed by atoms with E-state index in [9.17, 15) is 0 Å². The lowest BCUT2D eigenvalue weighted by molar-refractivity contribution is 0.407. The van der Waals surface area contributed by atoms with E-state index in [2.05, 4.69) is 36.2 Å². The first-order valence-electron chi connectivity index (χ1n) is 7.00. The summed E-state index contributed by atoms with van der Waals surface area (Å²) in [5, 5.41) is 0. The molecule has 1 heterocycles. The van der Waals surface area contributed by atoms with E-state index in [0.29, 0.717) is 0 Å². The van der Waals surface area contributed by atoms with E-state index in [4.69, 9.17) is 10.5 Å². The molecule has 112 valence electrons. The van der Waals surface area contributed by atoms with Gasteiger partial charge in [0.1, 0.15) is 5.75 Å². The van der Waals surface area contributed by atoms with Gasteiger partial charge >= 0.3 is 0 Å². The lowest BCUT2D eigenvalue weighted by atomic mass is 10.1. The molecule has 0 aliphatic carbocycles. The van der Waals surface area contributed by atoms with Crippen LogP contribution in [0.5, 0.6) is 5.75 Å². The highest BCUT2D eigenvalue weighted by molar-refractivity contribution is 7.98. The highest BCUT2D eigenvalue weighted by Gasteiger charge is 2.09. The second-order valence-electron chi connectivity index (χ2n) is 5.19. The highest BCUT2D eigenvalue weighted by Crippen LogP contribution is 2.29. The van der Waals surface area contributed by atoms with Crippen molar-refractivity contribution >= 4 is 11.8 Å². The van der Waals surface area contributed by atoms with E-state index >= 15 is 0 Å². The monoisotopic (exact) mass is 302 g/mol. The molecule has 0 saturated heterocycles.